The van der Waals surface area contributed by atoms with Crippen LogP contribution >= 0.6 is 0 Å². The first-order valence-electron chi connectivity index (χ1n) is 12.3. The van der Waals surface area contributed by atoms with E-state index in [4.69, 9.17) is 0 Å². The Morgan fingerprint density at radius 2 is 1.82 bits per heavy atom. The van der Waals surface area contributed by atoms with E-state index in [1.165, 1.54) is 4.31 Å². The summed E-state index contributed by atoms with van der Waals surface area (Å²) in [7, 11) is -3.71. The van der Waals surface area contributed by atoms with Crippen molar-refractivity contribution >= 4 is 27.0 Å². The highest BCUT2D eigenvalue weighted by atomic mass is 32.2. The number of aromatic amines is 1. The van der Waals surface area contributed by atoms with Gasteiger partial charge in [-0.2, -0.15) is 4.31 Å². The van der Waals surface area contributed by atoms with Crippen molar-refractivity contribution in [1.29, 1.82) is 0 Å². The Balaban J connectivity index is 1.31. The van der Waals surface area contributed by atoms with Crippen molar-refractivity contribution < 1.29 is 13.2 Å². The number of hydrogen-bond donors (Lipinski definition) is 2. The fourth-order valence-electron chi connectivity index (χ4n) is 5.13. The summed E-state index contributed by atoms with van der Waals surface area (Å²) in [5.74, 6) is 1.12. The number of sulfonamides is 1. The zero-order valence-electron chi connectivity index (χ0n) is 19.5. The number of nitrogens with zero attached hydrogens (tertiary/aromatic N) is 2. The molecular formula is C26H32N4O3S. The van der Waals surface area contributed by atoms with Crippen molar-refractivity contribution in [2.24, 2.45) is 11.8 Å². The van der Waals surface area contributed by atoms with E-state index in [-0.39, 0.29) is 29.3 Å². The Bertz CT molecular complexity index is 1260. The van der Waals surface area contributed by atoms with Gasteiger partial charge in [-0.1, -0.05) is 37.3 Å². The molecule has 2 heterocycles. The van der Waals surface area contributed by atoms with E-state index in [1.54, 1.807) is 18.2 Å². The average Bonchev–Trinajstić information content (AvgIpc) is 3.30. The Morgan fingerprint density at radius 1 is 1.06 bits per heavy atom. The molecule has 3 aromatic rings. The van der Waals surface area contributed by atoms with Crippen LogP contribution in [0.25, 0.3) is 22.4 Å². The van der Waals surface area contributed by atoms with Crippen molar-refractivity contribution in [2.75, 3.05) is 13.1 Å². The number of nitrogens with one attached hydrogen (secondary N) is 2. The molecule has 1 aromatic heterocycles. The quantitative estimate of drug-likeness (QED) is 0.568. The summed E-state index contributed by atoms with van der Waals surface area (Å²) in [5, 5.41) is 3.19. The number of H-pyrrole nitrogens is 1. The van der Waals surface area contributed by atoms with Crippen LogP contribution in [0.3, 0.4) is 0 Å². The minimum absolute atomic E-state index is 0.00373. The Morgan fingerprint density at radius 3 is 2.59 bits per heavy atom. The van der Waals surface area contributed by atoms with Gasteiger partial charge >= 0.3 is 0 Å². The van der Waals surface area contributed by atoms with Crippen LogP contribution < -0.4 is 5.32 Å². The van der Waals surface area contributed by atoms with Gasteiger partial charge < -0.3 is 10.3 Å². The monoisotopic (exact) mass is 480 g/mol. The van der Waals surface area contributed by atoms with Crippen LogP contribution in [0, 0.1) is 11.8 Å². The number of piperidine rings is 1. The second-order valence-electron chi connectivity index (χ2n) is 9.80. The summed E-state index contributed by atoms with van der Waals surface area (Å²) >= 11 is 0. The lowest BCUT2D eigenvalue weighted by atomic mass is 9.87. The third kappa shape index (κ3) is 4.74. The molecule has 2 N–H and O–H groups in total. The predicted octanol–water partition coefficient (Wildman–Crippen LogP) is 4.33. The number of hydrogen-bond acceptors (Lipinski definition) is 4. The summed E-state index contributed by atoms with van der Waals surface area (Å²) in [4.78, 5) is 21.0. The van der Waals surface area contributed by atoms with Crippen LogP contribution in [-0.2, 0) is 14.8 Å². The maximum Gasteiger partial charge on any atom is 0.243 e. The zero-order valence-corrected chi connectivity index (χ0v) is 20.4. The molecule has 1 saturated carbocycles. The van der Waals surface area contributed by atoms with Crippen LogP contribution in [0.2, 0.25) is 0 Å². The molecule has 34 heavy (non-hydrogen) atoms. The van der Waals surface area contributed by atoms with Crippen LogP contribution in [0.1, 0.15) is 45.4 Å². The molecule has 2 aliphatic rings. The minimum atomic E-state index is -3.71. The van der Waals surface area contributed by atoms with E-state index in [2.05, 4.69) is 22.2 Å². The van der Waals surface area contributed by atoms with E-state index < -0.39 is 10.0 Å². The molecule has 1 atom stereocenters. The number of carbonyl (C=O) groups is 1. The smallest absolute Gasteiger partial charge is 0.243 e. The van der Waals surface area contributed by atoms with Gasteiger partial charge in [0.05, 0.1) is 21.8 Å². The van der Waals surface area contributed by atoms with Crippen molar-refractivity contribution in [3.05, 3.63) is 48.5 Å². The van der Waals surface area contributed by atoms with Crippen molar-refractivity contribution in [2.45, 2.75) is 56.4 Å². The molecule has 0 spiro atoms. The Labute approximate surface area is 201 Å². The first-order valence-corrected chi connectivity index (χ1v) is 13.7. The third-order valence-electron chi connectivity index (χ3n) is 7.26. The van der Waals surface area contributed by atoms with Crippen molar-refractivity contribution in [1.82, 2.24) is 19.6 Å². The largest absolute Gasteiger partial charge is 0.353 e. The molecule has 0 bridgehead atoms. The van der Waals surface area contributed by atoms with Gasteiger partial charge in [0.25, 0.3) is 0 Å². The fourth-order valence-corrected chi connectivity index (χ4v) is 6.68. The summed E-state index contributed by atoms with van der Waals surface area (Å²) in [5.41, 5.74) is 2.34. The molecule has 0 radical (unpaired) electrons. The third-order valence-corrected chi connectivity index (χ3v) is 9.12. The summed E-state index contributed by atoms with van der Waals surface area (Å²) in [6.45, 7) is 2.92. The minimum Gasteiger partial charge on any atom is -0.353 e. The first-order chi connectivity index (χ1) is 16.4. The normalized spacial score (nSPS) is 24.2. The van der Waals surface area contributed by atoms with E-state index in [1.807, 2.05) is 30.3 Å². The molecule has 1 aliphatic carbocycles. The topological polar surface area (TPSA) is 95.2 Å². The SMILES string of the molecule is CC1CCC(NC(=O)C2CCCN(S(=O)(=O)c3ccc4nc(-c5ccccc5)[nH]c4c3)C2)CC1. The van der Waals surface area contributed by atoms with E-state index in [0.717, 1.165) is 49.1 Å². The standard InChI is InChI=1S/C26H32N4O3S/c1-18-9-11-21(12-10-18)27-26(31)20-8-5-15-30(17-20)34(32,33)22-13-14-23-24(16-22)29-25(28-23)19-6-3-2-4-7-19/h2-4,6-7,13-14,16,18,20-21H,5,8-12,15,17H2,1H3,(H,27,31)(H,28,29). The van der Waals surface area contributed by atoms with Gasteiger partial charge in [0, 0.05) is 24.7 Å². The van der Waals surface area contributed by atoms with E-state index in [0.29, 0.717) is 24.3 Å². The molecular weight excluding hydrogens is 448 g/mol. The van der Waals surface area contributed by atoms with Gasteiger partial charge in [0.15, 0.2) is 0 Å². The zero-order chi connectivity index (χ0) is 23.7. The van der Waals surface area contributed by atoms with Gasteiger partial charge in [0.2, 0.25) is 15.9 Å². The number of benzene rings is 2. The number of fused-ring (bicyclic) bond motifs is 1. The van der Waals surface area contributed by atoms with Crippen LogP contribution in [-0.4, -0.2) is 47.7 Å². The lowest BCUT2D eigenvalue weighted by Gasteiger charge is -2.33. The maximum absolute atomic E-state index is 13.5. The van der Waals surface area contributed by atoms with Crippen LogP contribution in [0.15, 0.2) is 53.4 Å². The molecule has 1 saturated heterocycles. The number of aromatic nitrogens is 2. The molecule has 1 aliphatic heterocycles. The Hall–Kier alpha value is -2.71. The van der Waals surface area contributed by atoms with Gasteiger partial charge in [-0.3, -0.25) is 4.79 Å². The van der Waals surface area contributed by atoms with Gasteiger partial charge in [-0.15, -0.1) is 0 Å². The lowest BCUT2D eigenvalue weighted by Crippen LogP contribution is -2.48. The number of amides is 1. The number of rotatable bonds is 5. The summed E-state index contributed by atoms with van der Waals surface area (Å²) in [6.07, 6.45) is 5.70. The van der Waals surface area contributed by atoms with E-state index >= 15 is 0 Å². The molecule has 8 heteroatoms. The second kappa shape index (κ2) is 9.50. The molecule has 1 amide bonds. The summed E-state index contributed by atoms with van der Waals surface area (Å²) < 4.78 is 28.4. The second-order valence-corrected chi connectivity index (χ2v) is 11.7. The van der Waals surface area contributed by atoms with Gasteiger partial charge in [0.1, 0.15) is 5.82 Å². The number of carbonyl (C=O) groups excluding carboxylic acids is 1. The van der Waals surface area contributed by atoms with Gasteiger partial charge in [-0.05, 0) is 62.6 Å². The van der Waals surface area contributed by atoms with Gasteiger partial charge in [-0.25, -0.2) is 13.4 Å². The molecule has 7 nitrogen and oxygen atoms in total. The van der Waals surface area contributed by atoms with Crippen LogP contribution in [0.4, 0.5) is 0 Å². The highest BCUT2D eigenvalue weighted by molar-refractivity contribution is 7.89. The van der Waals surface area contributed by atoms with E-state index in [9.17, 15) is 13.2 Å². The molecule has 5 rings (SSSR count). The highest BCUT2D eigenvalue weighted by Gasteiger charge is 2.34. The Kier molecular flexibility index (Phi) is 6.44. The van der Waals surface area contributed by atoms with Crippen LogP contribution in [0.5, 0.6) is 0 Å². The molecule has 1 unspecified atom stereocenters. The average molecular weight is 481 g/mol. The number of imidazole rings is 1. The summed E-state index contributed by atoms with van der Waals surface area (Å²) in [6, 6.07) is 15.0. The highest BCUT2D eigenvalue weighted by Crippen LogP contribution is 2.28. The van der Waals surface area contributed by atoms with Crippen molar-refractivity contribution in [3.8, 4) is 11.4 Å². The molecule has 2 aromatic carbocycles. The lowest BCUT2D eigenvalue weighted by molar-refractivity contribution is -0.127. The maximum atomic E-state index is 13.5. The molecule has 2 fully saturated rings. The molecule has 180 valence electrons. The predicted molar refractivity (Wildman–Crippen MR) is 133 cm³/mol. The van der Waals surface area contributed by atoms with Crippen molar-refractivity contribution in [3.63, 3.8) is 0 Å². The first kappa shape index (κ1) is 23.1. The fraction of sp³-hybridized carbons (Fsp3) is 0.462.